The number of nitrogens with one attached hydrogen (secondary N) is 1. The number of hydrogen-bond donors (Lipinski definition) is 3. The normalized spacial score (nSPS) is 14.7. The van der Waals surface area contributed by atoms with Crippen LogP contribution in [0.5, 0.6) is 0 Å². The summed E-state index contributed by atoms with van der Waals surface area (Å²) in [5.41, 5.74) is 5.98. The second kappa shape index (κ2) is 15.4. The zero-order chi connectivity index (χ0) is 31.1. The number of carbonyl (C=O) groups excluding carboxylic acids is 1. The average molecular weight is 638 g/mol. The topological polar surface area (TPSA) is 90.6 Å². The van der Waals surface area contributed by atoms with Gasteiger partial charge in [0.05, 0.1) is 34.3 Å². The number of aliphatic hydroxyl groups is 2. The third-order valence-electron chi connectivity index (χ3n) is 8.60. The molecule has 1 fully saturated rings. The van der Waals surface area contributed by atoms with Gasteiger partial charge in [-0.3, -0.25) is 4.79 Å². The van der Waals surface area contributed by atoms with Gasteiger partial charge in [-0.15, -0.1) is 0 Å². The molecule has 3 N–H and O–H groups in total. The summed E-state index contributed by atoms with van der Waals surface area (Å²) in [6, 6.07) is 20.0. The molecular weight excluding hydrogens is 595 g/mol. The lowest BCUT2D eigenvalue weighted by molar-refractivity contribution is -0.117. The number of halogens is 2. The van der Waals surface area contributed by atoms with Crippen molar-refractivity contribution < 1.29 is 15.0 Å². The first-order valence-corrected chi connectivity index (χ1v) is 16.4. The number of fused-ring (bicyclic) bond motifs is 1. The summed E-state index contributed by atoms with van der Waals surface area (Å²) in [7, 11) is 0. The number of hydrogen-bond acceptors (Lipinski definition) is 6. The fourth-order valence-corrected chi connectivity index (χ4v) is 6.64. The molecule has 0 bridgehead atoms. The SMILES string of the molecule is CC(=O)CC(NCc1ccc(Cl)c(Cl)c1)c1ccc2c(c1)nc(-c1ccc(N(CCO)CCO)cc1)n2CC1CCCCC1. The van der Waals surface area contributed by atoms with Crippen molar-refractivity contribution in [1.82, 2.24) is 14.9 Å². The van der Waals surface area contributed by atoms with Crippen LogP contribution >= 0.6 is 23.2 Å². The van der Waals surface area contributed by atoms with E-state index in [1.54, 1.807) is 13.0 Å². The Bertz CT molecular complexity index is 1540. The number of aliphatic hydroxyl groups excluding tert-OH is 2. The van der Waals surface area contributed by atoms with E-state index in [1.807, 2.05) is 29.2 Å². The summed E-state index contributed by atoms with van der Waals surface area (Å²) in [5.74, 6) is 1.65. The van der Waals surface area contributed by atoms with E-state index in [2.05, 4.69) is 40.2 Å². The van der Waals surface area contributed by atoms with E-state index in [4.69, 9.17) is 28.2 Å². The van der Waals surface area contributed by atoms with Crippen molar-refractivity contribution in [2.24, 2.45) is 5.92 Å². The number of anilines is 1. The maximum Gasteiger partial charge on any atom is 0.141 e. The summed E-state index contributed by atoms with van der Waals surface area (Å²) in [4.78, 5) is 19.4. The van der Waals surface area contributed by atoms with E-state index in [9.17, 15) is 15.0 Å². The van der Waals surface area contributed by atoms with E-state index in [0.717, 1.165) is 45.8 Å². The number of Topliss-reactive ketones (excluding diaryl/α,β-unsaturated/α-hetero) is 1. The van der Waals surface area contributed by atoms with Crippen LogP contribution in [0.2, 0.25) is 10.0 Å². The molecule has 0 aliphatic heterocycles. The molecule has 0 amide bonds. The molecule has 9 heteroatoms. The van der Waals surface area contributed by atoms with Crippen molar-refractivity contribution in [3.63, 3.8) is 0 Å². The molecule has 44 heavy (non-hydrogen) atoms. The molecule has 1 unspecified atom stereocenters. The van der Waals surface area contributed by atoms with E-state index >= 15 is 0 Å². The van der Waals surface area contributed by atoms with Gasteiger partial charge < -0.3 is 25.0 Å². The predicted molar refractivity (Wildman–Crippen MR) is 179 cm³/mol. The second-order valence-corrected chi connectivity index (χ2v) is 12.7. The van der Waals surface area contributed by atoms with E-state index in [0.29, 0.717) is 42.0 Å². The van der Waals surface area contributed by atoms with Crippen LogP contribution in [0.4, 0.5) is 5.69 Å². The minimum Gasteiger partial charge on any atom is -0.395 e. The predicted octanol–water partition coefficient (Wildman–Crippen LogP) is 7.19. The molecule has 1 aliphatic rings. The summed E-state index contributed by atoms with van der Waals surface area (Å²) >= 11 is 12.3. The fourth-order valence-electron chi connectivity index (χ4n) is 6.32. The van der Waals surface area contributed by atoms with Crippen LogP contribution in [0.1, 0.15) is 62.6 Å². The van der Waals surface area contributed by atoms with Crippen LogP contribution in [0.25, 0.3) is 22.4 Å². The van der Waals surface area contributed by atoms with Gasteiger partial charge in [0.1, 0.15) is 11.6 Å². The highest BCUT2D eigenvalue weighted by Gasteiger charge is 2.21. The summed E-state index contributed by atoms with van der Waals surface area (Å²) in [6.45, 7) is 4.05. The first kappa shape index (κ1) is 32.5. The third-order valence-corrected chi connectivity index (χ3v) is 9.34. The summed E-state index contributed by atoms with van der Waals surface area (Å²) in [6.07, 6.45) is 6.67. The van der Waals surface area contributed by atoms with Crippen molar-refractivity contribution in [2.45, 2.75) is 64.6 Å². The number of imidazole rings is 1. The van der Waals surface area contributed by atoms with Gasteiger partial charge in [-0.05, 0) is 85.3 Å². The van der Waals surface area contributed by atoms with E-state index in [-0.39, 0.29) is 25.0 Å². The highest BCUT2D eigenvalue weighted by atomic mass is 35.5. The zero-order valence-corrected chi connectivity index (χ0v) is 26.8. The van der Waals surface area contributed by atoms with Crippen molar-refractivity contribution in [2.75, 3.05) is 31.2 Å². The summed E-state index contributed by atoms with van der Waals surface area (Å²) in [5, 5.41) is 23.5. The Labute approximate surface area is 269 Å². The molecule has 0 saturated heterocycles. The molecule has 7 nitrogen and oxygen atoms in total. The number of ketones is 1. The highest BCUT2D eigenvalue weighted by Crippen LogP contribution is 2.33. The van der Waals surface area contributed by atoms with Crippen molar-refractivity contribution >= 4 is 45.7 Å². The molecule has 0 radical (unpaired) electrons. The molecule has 0 spiro atoms. The fraction of sp³-hybridized carbons (Fsp3) is 0.429. The molecule has 4 aromatic rings. The van der Waals surface area contributed by atoms with Gasteiger partial charge in [0, 0.05) is 49.9 Å². The number of carbonyl (C=O) groups is 1. The molecule has 1 aromatic heterocycles. The Morgan fingerprint density at radius 3 is 2.36 bits per heavy atom. The van der Waals surface area contributed by atoms with Gasteiger partial charge in [-0.2, -0.15) is 0 Å². The Balaban J connectivity index is 1.48. The first-order valence-electron chi connectivity index (χ1n) is 15.6. The van der Waals surface area contributed by atoms with Crippen molar-refractivity contribution in [3.8, 4) is 11.4 Å². The number of aromatic nitrogens is 2. The lowest BCUT2D eigenvalue weighted by atomic mass is 9.89. The Kier molecular flexibility index (Phi) is 11.3. The van der Waals surface area contributed by atoms with Crippen molar-refractivity contribution in [1.29, 1.82) is 0 Å². The lowest BCUT2D eigenvalue weighted by Crippen LogP contribution is -2.29. The summed E-state index contributed by atoms with van der Waals surface area (Å²) < 4.78 is 2.37. The Morgan fingerprint density at radius 2 is 1.70 bits per heavy atom. The molecule has 5 rings (SSSR count). The van der Waals surface area contributed by atoms with Crippen LogP contribution in [0, 0.1) is 5.92 Å². The maximum atomic E-state index is 12.3. The number of nitrogens with zero attached hydrogens (tertiary/aromatic N) is 3. The second-order valence-electron chi connectivity index (χ2n) is 11.9. The van der Waals surface area contributed by atoms with Gasteiger partial charge in [-0.1, -0.05) is 54.6 Å². The molecule has 234 valence electrons. The van der Waals surface area contributed by atoms with Gasteiger partial charge >= 0.3 is 0 Å². The van der Waals surface area contributed by atoms with E-state index < -0.39 is 0 Å². The maximum absolute atomic E-state index is 12.3. The van der Waals surface area contributed by atoms with Crippen LogP contribution in [0.3, 0.4) is 0 Å². The standard InChI is InChI=1S/C35H42Cl2N4O3/c1-24(44)19-32(38-22-26-7-13-30(36)31(37)20-26)28-10-14-34-33(21-28)39-35(41(34)23-25-5-3-2-4-6-25)27-8-11-29(12-9-27)40(15-17-42)16-18-43/h7-14,20-21,25,32,38,42-43H,2-6,15-19,22-23H2,1H3. The van der Waals surface area contributed by atoms with Crippen LogP contribution < -0.4 is 10.2 Å². The van der Waals surface area contributed by atoms with Crippen LogP contribution in [-0.2, 0) is 17.9 Å². The number of rotatable bonds is 14. The zero-order valence-electron chi connectivity index (χ0n) is 25.3. The minimum atomic E-state index is -0.179. The molecular formula is C35H42Cl2N4O3. The van der Waals surface area contributed by atoms with Gasteiger partial charge in [0.2, 0.25) is 0 Å². The van der Waals surface area contributed by atoms with Crippen molar-refractivity contribution in [3.05, 3.63) is 81.8 Å². The molecule has 1 aliphatic carbocycles. The monoisotopic (exact) mass is 636 g/mol. The Morgan fingerprint density at radius 1 is 0.977 bits per heavy atom. The van der Waals surface area contributed by atoms with Crippen LogP contribution in [-0.4, -0.2) is 51.9 Å². The van der Waals surface area contributed by atoms with E-state index in [1.165, 1.54) is 32.1 Å². The quantitative estimate of drug-likeness (QED) is 0.136. The lowest BCUT2D eigenvalue weighted by Gasteiger charge is -2.24. The van der Waals surface area contributed by atoms with Crippen LogP contribution in [0.15, 0.2) is 60.7 Å². The number of benzene rings is 3. The molecule has 3 aromatic carbocycles. The van der Waals surface area contributed by atoms with Gasteiger partial charge in [0.15, 0.2) is 0 Å². The smallest absolute Gasteiger partial charge is 0.141 e. The molecule has 1 atom stereocenters. The molecule has 1 heterocycles. The Hall–Kier alpha value is -2.94. The van der Waals surface area contributed by atoms with Gasteiger partial charge in [0.25, 0.3) is 0 Å². The first-order chi connectivity index (χ1) is 21.4. The van der Waals surface area contributed by atoms with Gasteiger partial charge in [-0.25, -0.2) is 4.98 Å². The third kappa shape index (κ3) is 8.01. The molecule has 1 saturated carbocycles. The largest absolute Gasteiger partial charge is 0.395 e. The average Bonchev–Trinajstić information content (AvgIpc) is 3.38. The minimum absolute atomic E-state index is 0.0220. The highest BCUT2D eigenvalue weighted by molar-refractivity contribution is 6.42.